The van der Waals surface area contributed by atoms with Crippen LogP contribution in [-0.2, 0) is 5.54 Å². The molecule has 1 saturated heterocycles. The van der Waals surface area contributed by atoms with Crippen molar-refractivity contribution in [2.75, 3.05) is 6.54 Å². The van der Waals surface area contributed by atoms with Crippen LogP contribution in [-0.4, -0.2) is 16.8 Å². The molecule has 0 aromatic heterocycles. The highest BCUT2D eigenvalue weighted by Crippen LogP contribution is 2.40. The number of benzene rings is 1. The van der Waals surface area contributed by atoms with Crippen LogP contribution >= 0.6 is 0 Å². The van der Waals surface area contributed by atoms with Crippen LogP contribution < -0.4 is 0 Å². The smallest absolute Gasteiger partial charge is 0.0743 e. The van der Waals surface area contributed by atoms with E-state index in [2.05, 4.69) is 18.7 Å². The average molecular weight is 203 g/mol. The fraction of sp³-hybridized carbons (Fsp3) is 0.385. The van der Waals surface area contributed by atoms with Crippen LogP contribution in [0.1, 0.15) is 24.8 Å². The largest absolute Gasteiger partial charge is 0.313 e. The first-order chi connectivity index (χ1) is 7.29. The second-order valence-corrected chi connectivity index (χ2v) is 4.12. The topological polar surface area (TPSA) is 23.5 Å². The van der Waals surface area contributed by atoms with E-state index in [1.807, 2.05) is 24.3 Å². The van der Waals surface area contributed by atoms with Crippen LogP contribution in [0.5, 0.6) is 0 Å². The Hall–Kier alpha value is -1.12. The predicted octanol–water partition coefficient (Wildman–Crippen LogP) is 2.94. The van der Waals surface area contributed by atoms with Crippen molar-refractivity contribution in [3.8, 4) is 0 Å². The molecule has 1 unspecified atom stereocenters. The van der Waals surface area contributed by atoms with E-state index >= 15 is 0 Å². The van der Waals surface area contributed by atoms with Gasteiger partial charge in [-0.05, 0) is 24.8 Å². The Balaban J connectivity index is 2.38. The van der Waals surface area contributed by atoms with Gasteiger partial charge in [-0.3, -0.25) is 0 Å². The SMILES string of the molecule is C=CCC1(c2ccccc2)CCCN1O. The number of hydrogen-bond donors (Lipinski definition) is 1. The Bertz CT molecular complexity index is 336. The molecular formula is C13H17NO. The zero-order valence-corrected chi connectivity index (χ0v) is 8.89. The summed E-state index contributed by atoms with van der Waals surface area (Å²) >= 11 is 0. The van der Waals surface area contributed by atoms with Crippen molar-refractivity contribution in [3.63, 3.8) is 0 Å². The van der Waals surface area contributed by atoms with Crippen molar-refractivity contribution in [1.82, 2.24) is 5.06 Å². The van der Waals surface area contributed by atoms with Crippen LogP contribution in [0.15, 0.2) is 43.0 Å². The lowest BCUT2D eigenvalue weighted by atomic mass is 9.85. The van der Waals surface area contributed by atoms with Crippen LogP contribution in [0.2, 0.25) is 0 Å². The van der Waals surface area contributed by atoms with Gasteiger partial charge < -0.3 is 5.21 Å². The average Bonchev–Trinajstić information content (AvgIpc) is 2.63. The lowest BCUT2D eigenvalue weighted by Gasteiger charge is -2.34. The molecule has 1 aliphatic heterocycles. The molecule has 1 N–H and O–H groups in total. The molecule has 1 aliphatic rings. The summed E-state index contributed by atoms with van der Waals surface area (Å²) in [7, 11) is 0. The van der Waals surface area contributed by atoms with Crippen LogP contribution in [0.25, 0.3) is 0 Å². The molecule has 0 radical (unpaired) electrons. The van der Waals surface area contributed by atoms with E-state index in [1.54, 1.807) is 0 Å². The van der Waals surface area contributed by atoms with Crippen LogP contribution in [0.4, 0.5) is 0 Å². The number of rotatable bonds is 3. The molecule has 1 aromatic carbocycles. The zero-order chi connectivity index (χ0) is 10.7. The summed E-state index contributed by atoms with van der Waals surface area (Å²) < 4.78 is 0. The van der Waals surface area contributed by atoms with Gasteiger partial charge in [-0.1, -0.05) is 36.4 Å². The fourth-order valence-electron chi connectivity index (χ4n) is 2.47. The van der Waals surface area contributed by atoms with Crippen LogP contribution in [0, 0.1) is 0 Å². The van der Waals surface area contributed by atoms with Gasteiger partial charge >= 0.3 is 0 Å². The normalized spacial score (nSPS) is 26.7. The third kappa shape index (κ3) is 1.71. The van der Waals surface area contributed by atoms with Gasteiger partial charge in [0.15, 0.2) is 0 Å². The quantitative estimate of drug-likeness (QED) is 0.763. The maximum absolute atomic E-state index is 10.0. The minimum absolute atomic E-state index is 0.233. The molecule has 2 heteroatoms. The van der Waals surface area contributed by atoms with E-state index in [-0.39, 0.29) is 5.54 Å². The summed E-state index contributed by atoms with van der Waals surface area (Å²) in [6.07, 6.45) is 4.73. The molecular weight excluding hydrogens is 186 g/mol. The zero-order valence-electron chi connectivity index (χ0n) is 8.89. The molecule has 1 fully saturated rings. The van der Waals surface area contributed by atoms with E-state index in [9.17, 15) is 5.21 Å². The lowest BCUT2D eigenvalue weighted by Crippen LogP contribution is -2.38. The third-order valence-electron chi connectivity index (χ3n) is 3.25. The lowest BCUT2D eigenvalue weighted by molar-refractivity contribution is -0.152. The summed E-state index contributed by atoms with van der Waals surface area (Å²) in [5, 5.41) is 11.5. The molecule has 0 aliphatic carbocycles. The van der Waals surface area contributed by atoms with Gasteiger partial charge in [0.05, 0.1) is 5.54 Å². The maximum Gasteiger partial charge on any atom is 0.0743 e. The van der Waals surface area contributed by atoms with E-state index < -0.39 is 0 Å². The van der Waals surface area contributed by atoms with Gasteiger partial charge in [-0.15, -0.1) is 6.58 Å². The van der Waals surface area contributed by atoms with Crippen LogP contribution in [0.3, 0.4) is 0 Å². The van der Waals surface area contributed by atoms with E-state index in [0.29, 0.717) is 0 Å². The Morgan fingerprint density at radius 1 is 1.40 bits per heavy atom. The minimum Gasteiger partial charge on any atom is -0.313 e. The summed E-state index contributed by atoms with van der Waals surface area (Å²) in [4.78, 5) is 0. The van der Waals surface area contributed by atoms with Gasteiger partial charge in [-0.25, -0.2) is 0 Å². The molecule has 15 heavy (non-hydrogen) atoms. The molecule has 1 heterocycles. The Labute approximate surface area is 90.8 Å². The predicted molar refractivity (Wildman–Crippen MR) is 60.7 cm³/mol. The monoisotopic (exact) mass is 203 g/mol. The van der Waals surface area contributed by atoms with Gasteiger partial charge in [-0.2, -0.15) is 5.06 Å². The molecule has 2 nitrogen and oxygen atoms in total. The summed E-state index contributed by atoms with van der Waals surface area (Å²) in [5.41, 5.74) is 0.952. The first kappa shape index (κ1) is 10.4. The summed E-state index contributed by atoms with van der Waals surface area (Å²) in [6, 6.07) is 10.2. The number of hydroxylamine groups is 2. The second kappa shape index (κ2) is 4.17. The van der Waals surface area contributed by atoms with Gasteiger partial charge in [0.25, 0.3) is 0 Å². The van der Waals surface area contributed by atoms with Gasteiger partial charge in [0.1, 0.15) is 0 Å². The minimum atomic E-state index is -0.233. The van der Waals surface area contributed by atoms with Crippen molar-refractivity contribution >= 4 is 0 Å². The molecule has 1 atom stereocenters. The van der Waals surface area contributed by atoms with Crippen molar-refractivity contribution in [2.45, 2.75) is 24.8 Å². The molecule has 80 valence electrons. The van der Waals surface area contributed by atoms with Crippen molar-refractivity contribution in [3.05, 3.63) is 48.6 Å². The van der Waals surface area contributed by atoms with E-state index in [0.717, 1.165) is 25.8 Å². The highest BCUT2D eigenvalue weighted by molar-refractivity contribution is 5.26. The third-order valence-corrected chi connectivity index (χ3v) is 3.25. The second-order valence-electron chi connectivity index (χ2n) is 4.12. The Kier molecular flexibility index (Phi) is 2.89. The van der Waals surface area contributed by atoms with E-state index in [4.69, 9.17) is 0 Å². The highest BCUT2D eigenvalue weighted by atomic mass is 16.5. The number of hydrogen-bond acceptors (Lipinski definition) is 2. The van der Waals surface area contributed by atoms with E-state index in [1.165, 1.54) is 10.6 Å². The maximum atomic E-state index is 10.0. The molecule has 0 amide bonds. The number of nitrogens with zero attached hydrogens (tertiary/aromatic N) is 1. The first-order valence-corrected chi connectivity index (χ1v) is 5.42. The molecule has 0 spiro atoms. The Morgan fingerprint density at radius 3 is 2.67 bits per heavy atom. The van der Waals surface area contributed by atoms with Crippen molar-refractivity contribution < 1.29 is 5.21 Å². The van der Waals surface area contributed by atoms with Gasteiger partial charge in [0.2, 0.25) is 0 Å². The highest BCUT2D eigenvalue weighted by Gasteiger charge is 2.40. The van der Waals surface area contributed by atoms with Crippen molar-refractivity contribution in [2.24, 2.45) is 0 Å². The molecule has 2 rings (SSSR count). The first-order valence-electron chi connectivity index (χ1n) is 5.42. The standard InChI is InChI=1S/C13H17NO/c1-2-9-13(10-6-11-14(13)15)12-7-4-3-5-8-12/h2-5,7-8,15H,1,6,9-11H2. The summed E-state index contributed by atoms with van der Waals surface area (Å²) in [6.45, 7) is 4.54. The summed E-state index contributed by atoms with van der Waals surface area (Å²) in [5.74, 6) is 0. The fourth-order valence-corrected chi connectivity index (χ4v) is 2.47. The molecule has 0 bridgehead atoms. The van der Waals surface area contributed by atoms with Gasteiger partial charge in [0, 0.05) is 6.54 Å². The molecule has 1 aromatic rings. The van der Waals surface area contributed by atoms with Crippen molar-refractivity contribution in [1.29, 1.82) is 0 Å². The molecule has 0 saturated carbocycles. The Morgan fingerprint density at radius 2 is 2.13 bits per heavy atom.